The molecule has 4 nitrogen and oxygen atoms in total. The summed E-state index contributed by atoms with van der Waals surface area (Å²) in [6.07, 6.45) is 1.74. The lowest BCUT2D eigenvalue weighted by Crippen LogP contribution is -1.99. The number of rotatable bonds is 1. The van der Waals surface area contributed by atoms with E-state index in [0.717, 1.165) is 18.4 Å². The van der Waals surface area contributed by atoms with Crippen molar-refractivity contribution < 1.29 is 19.7 Å². The summed E-state index contributed by atoms with van der Waals surface area (Å²) in [6.45, 7) is 0.539. The highest BCUT2D eigenvalue weighted by atomic mass is 17.2. The van der Waals surface area contributed by atoms with Crippen LogP contribution < -0.4 is 4.89 Å². The van der Waals surface area contributed by atoms with Crippen molar-refractivity contribution in [2.75, 3.05) is 6.61 Å². The average Bonchev–Trinajstić information content (AvgIpc) is 2.41. The third-order valence-corrected chi connectivity index (χ3v) is 2.14. The highest BCUT2D eigenvalue weighted by molar-refractivity contribution is 5.88. The fourth-order valence-electron chi connectivity index (χ4n) is 1.40. The summed E-state index contributed by atoms with van der Waals surface area (Å²) < 4.78 is 0. The second-order valence-electron chi connectivity index (χ2n) is 3.14. The Morgan fingerprint density at radius 3 is 3.07 bits per heavy atom. The molecule has 0 amide bonds. The fraction of sp³-hybridized carbons (Fsp3) is 0.300. The molecule has 1 aliphatic heterocycles. The van der Waals surface area contributed by atoms with Crippen molar-refractivity contribution in [3.05, 3.63) is 29.3 Å². The van der Waals surface area contributed by atoms with Crippen LogP contribution in [0.3, 0.4) is 0 Å². The van der Waals surface area contributed by atoms with Gasteiger partial charge >= 0.3 is 5.97 Å². The van der Waals surface area contributed by atoms with Crippen LogP contribution in [-0.2, 0) is 11.3 Å². The zero-order chi connectivity index (χ0) is 9.97. The van der Waals surface area contributed by atoms with Crippen LogP contribution >= 0.6 is 0 Å². The number of hydrogen-bond acceptors (Lipinski definition) is 3. The van der Waals surface area contributed by atoms with Crippen LogP contribution in [-0.4, -0.2) is 17.7 Å². The number of benzene rings is 1. The molecule has 0 fully saturated rings. The first-order chi connectivity index (χ1) is 6.77. The van der Waals surface area contributed by atoms with Crippen LogP contribution in [0, 0.1) is 0 Å². The maximum absolute atomic E-state index is 10.7. The van der Waals surface area contributed by atoms with E-state index in [-0.39, 0.29) is 5.56 Å². The number of carboxylic acids is 1. The van der Waals surface area contributed by atoms with Gasteiger partial charge in [0.1, 0.15) is 0 Å². The number of hydrogen-bond donors (Lipinski definition) is 1. The van der Waals surface area contributed by atoms with Crippen molar-refractivity contribution in [1.82, 2.24) is 0 Å². The van der Waals surface area contributed by atoms with Gasteiger partial charge < -0.3 is 9.99 Å². The number of fused-ring (bicyclic) bond motifs is 1. The zero-order valence-corrected chi connectivity index (χ0v) is 7.53. The van der Waals surface area contributed by atoms with Crippen LogP contribution in [0.15, 0.2) is 18.2 Å². The monoisotopic (exact) mass is 194 g/mol. The normalized spacial score (nSPS) is 15.1. The lowest BCUT2D eigenvalue weighted by atomic mass is 10.1. The Morgan fingerprint density at radius 1 is 1.43 bits per heavy atom. The van der Waals surface area contributed by atoms with Gasteiger partial charge in [-0.25, -0.2) is 4.79 Å². The van der Waals surface area contributed by atoms with Gasteiger partial charge in [0.05, 0.1) is 12.2 Å². The van der Waals surface area contributed by atoms with Crippen LogP contribution in [0.5, 0.6) is 5.75 Å². The molecule has 74 valence electrons. The summed E-state index contributed by atoms with van der Waals surface area (Å²) in [5.41, 5.74) is 1.21. The van der Waals surface area contributed by atoms with Gasteiger partial charge in [-0.2, -0.15) is 4.89 Å². The average molecular weight is 194 g/mol. The van der Waals surface area contributed by atoms with Crippen molar-refractivity contribution in [2.24, 2.45) is 0 Å². The predicted octanol–water partition coefficient (Wildman–Crippen LogP) is 1.64. The van der Waals surface area contributed by atoms with Gasteiger partial charge in [-0.1, -0.05) is 6.07 Å². The minimum Gasteiger partial charge on any atom is -0.478 e. The Bertz CT molecular complexity index is 359. The van der Waals surface area contributed by atoms with E-state index in [1.807, 2.05) is 0 Å². The Kier molecular flexibility index (Phi) is 2.37. The van der Waals surface area contributed by atoms with E-state index in [4.69, 9.17) is 14.9 Å². The molecule has 0 bridgehead atoms. The third kappa shape index (κ3) is 1.70. The summed E-state index contributed by atoms with van der Waals surface area (Å²) in [5.74, 6) is -0.442. The van der Waals surface area contributed by atoms with E-state index in [2.05, 4.69) is 0 Å². The first-order valence-corrected chi connectivity index (χ1v) is 4.43. The second-order valence-corrected chi connectivity index (χ2v) is 3.14. The smallest absolute Gasteiger partial charge is 0.335 e. The summed E-state index contributed by atoms with van der Waals surface area (Å²) in [5, 5.41) is 8.76. The molecule has 0 saturated heterocycles. The quantitative estimate of drug-likeness (QED) is 0.690. The van der Waals surface area contributed by atoms with Crippen LogP contribution in [0.25, 0.3) is 0 Å². The van der Waals surface area contributed by atoms with Gasteiger partial charge in [0.15, 0.2) is 5.75 Å². The predicted molar refractivity (Wildman–Crippen MR) is 48.3 cm³/mol. The molecule has 1 N–H and O–H groups in total. The molecule has 0 aromatic heterocycles. The first-order valence-electron chi connectivity index (χ1n) is 4.43. The van der Waals surface area contributed by atoms with Crippen LogP contribution in [0.2, 0.25) is 0 Å². The minimum absolute atomic E-state index is 0.217. The van der Waals surface area contributed by atoms with Crippen molar-refractivity contribution in [3.8, 4) is 5.75 Å². The SMILES string of the molecule is O=C(O)c1ccc2c(c1)OOCCC2. The molecule has 1 aliphatic rings. The molecule has 1 aromatic rings. The van der Waals surface area contributed by atoms with E-state index in [1.54, 1.807) is 12.1 Å². The van der Waals surface area contributed by atoms with Gasteiger partial charge in [0.2, 0.25) is 0 Å². The van der Waals surface area contributed by atoms with Gasteiger partial charge in [-0.05, 0) is 30.5 Å². The Hall–Kier alpha value is -1.55. The minimum atomic E-state index is -0.958. The summed E-state index contributed by atoms with van der Waals surface area (Å²) >= 11 is 0. The Morgan fingerprint density at radius 2 is 2.29 bits per heavy atom. The fourth-order valence-corrected chi connectivity index (χ4v) is 1.40. The van der Waals surface area contributed by atoms with Gasteiger partial charge in [-0.15, -0.1) is 0 Å². The number of carboxylic acid groups (broad SMARTS) is 1. The van der Waals surface area contributed by atoms with Crippen LogP contribution in [0.1, 0.15) is 22.3 Å². The maximum Gasteiger partial charge on any atom is 0.335 e. The van der Waals surface area contributed by atoms with Gasteiger partial charge in [-0.3, -0.25) is 0 Å². The van der Waals surface area contributed by atoms with Crippen LogP contribution in [0.4, 0.5) is 0 Å². The molecule has 0 saturated carbocycles. The van der Waals surface area contributed by atoms with E-state index in [0.29, 0.717) is 12.4 Å². The molecule has 0 aliphatic carbocycles. The molecule has 14 heavy (non-hydrogen) atoms. The van der Waals surface area contributed by atoms with Gasteiger partial charge in [0.25, 0.3) is 0 Å². The number of carbonyl (C=O) groups is 1. The molecule has 1 aromatic carbocycles. The molecular formula is C10H10O4. The first kappa shape index (κ1) is 9.02. The van der Waals surface area contributed by atoms with E-state index in [1.165, 1.54) is 6.07 Å². The maximum atomic E-state index is 10.7. The summed E-state index contributed by atoms with van der Waals surface area (Å²) in [6, 6.07) is 4.84. The van der Waals surface area contributed by atoms with Crippen molar-refractivity contribution in [1.29, 1.82) is 0 Å². The van der Waals surface area contributed by atoms with E-state index < -0.39 is 5.97 Å². The number of aryl methyl sites for hydroxylation is 1. The Labute approximate surface area is 81.0 Å². The zero-order valence-electron chi connectivity index (χ0n) is 7.53. The standard InChI is InChI=1S/C10H10O4/c11-10(12)8-4-3-7-2-1-5-13-14-9(7)6-8/h3-4,6H,1-2,5H2,(H,11,12). The van der Waals surface area contributed by atoms with Crippen molar-refractivity contribution in [2.45, 2.75) is 12.8 Å². The highest BCUT2D eigenvalue weighted by Gasteiger charge is 2.12. The molecular weight excluding hydrogens is 184 g/mol. The number of aromatic carboxylic acids is 1. The van der Waals surface area contributed by atoms with Gasteiger partial charge in [0, 0.05) is 0 Å². The molecule has 0 atom stereocenters. The molecule has 4 heteroatoms. The third-order valence-electron chi connectivity index (χ3n) is 2.14. The summed E-state index contributed by atoms with van der Waals surface area (Å²) in [7, 11) is 0. The molecule has 0 spiro atoms. The molecule has 0 radical (unpaired) electrons. The largest absolute Gasteiger partial charge is 0.478 e. The second kappa shape index (κ2) is 3.67. The van der Waals surface area contributed by atoms with Crippen molar-refractivity contribution in [3.63, 3.8) is 0 Å². The van der Waals surface area contributed by atoms with E-state index in [9.17, 15) is 4.79 Å². The molecule has 0 unspecified atom stereocenters. The highest BCUT2D eigenvalue weighted by Crippen LogP contribution is 2.24. The lowest BCUT2D eigenvalue weighted by Gasteiger charge is -2.04. The topological polar surface area (TPSA) is 55.8 Å². The Balaban J connectivity index is 2.37. The molecule has 2 rings (SSSR count). The summed E-state index contributed by atoms with van der Waals surface area (Å²) in [4.78, 5) is 20.5. The van der Waals surface area contributed by atoms with Crippen molar-refractivity contribution >= 4 is 5.97 Å². The lowest BCUT2D eigenvalue weighted by molar-refractivity contribution is -0.203. The van der Waals surface area contributed by atoms with E-state index >= 15 is 0 Å². The molecule has 1 heterocycles.